The van der Waals surface area contributed by atoms with Gasteiger partial charge < -0.3 is 10.2 Å². The third-order valence-corrected chi connectivity index (χ3v) is 3.58. The van der Waals surface area contributed by atoms with Crippen LogP contribution in [0, 0.1) is 5.92 Å². The smallest absolute Gasteiger partial charge is 0.0490 e. The molecule has 96 valence electrons. The second-order valence-corrected chi connectivity index (χ2v) is 5.14. The van der Waals surface area contributed by atoms with Gasteiger partial charge in [0.05, 0.1) is 0 Å². The number of H-pyrrole nitrogens is 1. The second-order valence-electron chi connectivity index (χ2n) is 5.14. The summed E-state index contributed by atoms with van der Waals surface area (Å²) in [6.45, 7) is 8.18. The number of piperidine rings is 1. The third-order valence-electron chi connectivity index (χ3n) is 3.58. The van der Waals surface area contributed by atoms with E-state index in [0.29, 0.717) is 0 Å². The molecule has 0 unspecified atom stereocenters. The summed E-state index contributed by atoms with van der Waals surface area (Å²) in [6.07, 6.45) is 5.79. The maximum Gasteiger partial charge on any atom is 0.0490 e. The Hall–Kier alpha value is -0.870. The summed E-state index contributed by atoms with van der Waals surface area (Å²) >= 11 is 0. The first kappa shape index (κ1) is 12.6. The fourth-order valence-corrected chi connectivity index (χ4v) is 2.32. The van der Waals surface area contributed by atoms with Gasteiger partial charge in [0.25, 0.3) is 0 Å². The fourth-order valence-electron chi connectivity index (χ4n) is 2.32. The highest BCUT2D eigenvalue weighted by molar-refractivity contribution is 4.96. The molecular weight excluding hydrogens is 212 g/mol. The first-order valence-corrected chi connectivity index (χ1v) is 6.76. The predicted octanol–water partition coefficient (Wildman–Crippen LogP) is 1.62. The molecule has 0 bridgehead atoms. The molecule has 1 aromatic heterocycles. The molecule has 0 aliphatic carbocycles. The second kappa shape index (κ2) is 6.77. The Morgan fingerprint density at radius 3 is 3.00 bits per heavy atom. The lowest BCUT2D eigenvalue weighted by Crippen LogP contribution is -2.34. The Bertz CT molecular complexity index is 288. The Kier molecular flexibility index (Phi) is 5.01. The molecule has 2 N–H and O–H groups in total. The van der Waals surface area contributed by atoms with Gasteiger partial charge in [-0.15, -0.1) is 0 Å². The van der Waals surface area contributed by atoms with E-state index in [1.54, 1.807) is 6.20 Å². The lowest BCUT2D eigenvalue weighted by molar-refractivity contribution is 0.190. The van der Waals surface area contributed by atoms with Crippen LogP contribution in [0.5, 0.6) is 0 Å². The van der Waals surface area contributed by atoms with Crippen molar-refractivity contribution in [2.45, 2.75) is 32.7 Å². The molecule has 17 heavy (non-hydrogen) atoms. The SMILES string of the molecule is CC1CCN(CCCNCc2ccn[nH]2)CC1. The van der Waals surface area contributed by atoms with Crippen molar-refractivity contribution in [1.82, 2.24) is 20.4 Å². The summed E-state index contributed by atoms with van der Waals surface area (Å²) in [7, 11) is 0. The molecule has 0 atom stereocenters. The van der Waals surface area contributed by atoms with Crippen LogP contribution >= 0.6 is 0 Å². The molecule has 2 heterocycles. The van der Waals surface area contributed by atoms with Crippen molar-refractivity contribution in [3.63, 3.8) is 0 Å². The van der Waals surface area contributed by atoms with Crippen LogP contribution in [0.4, 0.5) is 0 Å². The van der Waals surface area contributed by atoms with Gasteiger partial charge in [0, 0.05) is 18.4 Å². The van der Waals surface area contributed by atoms with E-state index in [4.69, 9.17) is 0 Å². The summed E-state index contributed by atoms with van der Waals surface area (Å²) in [5.41, 5.74) is 1.16. The van der Waals surface area contributed by atoms with E-state index >= 15 is 0 Å². The predicted molar refractivity (Wildman–Crippen MR) is 69.7 cm³/mol. The van der Waals surface area contributed by atoms with Gasteiger partial charge in [0.15, 0.2) is 0 Å². The van der Waals surface area contributed by atoms with E-state index in [2.05, 4.69) is 27.3 Å². The maximum absolute atomic E-state index is 3.93. The van der Waals surface area contributed by atoms with Gasteiger partial charge in [0.2, 0.25) is 0 Å². The zero-order chi connectivity index (χ0) is 11.9. The molecule has 0 saturated carbocycles. The molecule has 1 aliphatic rings. The fraction of sp³-hybridized carbons (Fsp3) is 0.769. The first-order chi connectivity index (χ1) is 8.34. The Balaban J connectivity index is 1.49. The van der Waals surface area contributed by atoms with E-state index in [1.165, 1.54) is 38.9 Å². The normalized spacial score (nSPS) is 18.6. The molecular formula is C13H24N4. The van der Waals surface area contributed by atoms with Crippen molar-refractivity contribution < 1.29 is 0 Å². The number of rotatable bonds is 6. The van der Waals surface area contributed by atoms with Crippen molar-refractivity contribution >= 4 is 0 Å². The summed E-state index contributed by atoms with van der Waals surface area (Å²) in [5, 5.41) is 10.3. The zero-order valence-electron chi connectivity index (χ0n) is 10.8. The van der Waals surface area contributed by atoms with E-state index in [0.717, 1.165) is 24.7 Å². The summed E-state index contributed by atoms with van der Waals surface area (Å²) < 4.78 is 0. The monoisotopic (exact) mass is 236 g/mol. The Morgan fingerprint density at radius 2 is 2.29 bits per heavy atom. The number of likely N-dealkylation sites (tertiary alicyclic amines) is 1. The average molecular weight is 236 g/mol. The van der Waals surface area contributed by atoms with Crippen LogP contribution in [0.15, 0.2) is 12.3 Å². The van der Waals surface area contributed by atoms with Crippen molar-refractivity contribution in [2.75, 3.05) is 26.2 Å². The molecule has 1 aromatic rings. The summed E-state index contributed by atoms with van der Waals surface area (Å²) in [4.78, 5) is 2.60. The highest BCUT2D eigenvalue weighted by Gasteiger charge is 2.14. The lowest BCUT2D eigenvalue weighted by atomic mass is 9.99. The topological polar surface area (TPSA) is 44.0 Å². The summed E-state index contributed by atoms with van der Waals surface area (Å²) in [6, 6.07) is 2.01. The number of aromatic nitrogens is 2. The van der Waals surface area contributed by atoms with Crippen LogP contribution in [0.25, 0.3) is 0 Å². The van der Waals surface area contributed by atoms with Gasteiger partial charge in [0.1, 0.15) is 0 Å². The zero-order valence-corrected chi connectivity index (χ0v) is 10.8. The van der Waals surface area contributed by atoms with Crippen molar-refractivity contribution in [3.8, 4) is 0 Å². The molecule has 2 rings (SSSR count). The van der Waals surface area contributed by atoms with Crippen LogP contribution in [-0.2, 0) is 6.54 Å². The molecule has 0 radical (unpaired) electrons. The van der Waals surface area contributed by atoms with Gasteiger partial charge in [-0.1, -0.05) is 6.92 Å². The van der Waals surface area contributed by atoms with Crippen molar-refractivity contribution in [1.29, 1.82) is 0 Å². The first-order valence-electron chi connectivity index (χ1n) is 6.76. The molecule has 1 aliphatic heterocycles. The quantitative estimate of drug-likeness (QED) is 0.738. The van der Waals surface area contributed by atoms with Gasteiger partial charge in [-0.05, 0) is 57.4 Å². The molecule has 0 amide bonds. The Morgan fingerprint density at radius 1 is 1.47 bits per heavy atom. The third kappa shape index (κ3) is 4.48. The van der Waals surface area contributed by atoms with Crippen molar-refractivity contribution in [3.05, 3.63) is 18.0 Å². The maximum atomic E-state index is 3.93. The number of aromatic amines is 1. The highest BCUT2D eigenvalue weighted by atomic mass is 15.1. The average Bonchev–Trinajstić information content (AvgIpc) is 2.84. The number of nitrogens with zero attached hydrogens (tertiary/aromatic N) is 2. The van der Waals surface area contributed by atoms with Gasteiger partial charge >= 0.3 is 0 Å². The van der Waals surface area contributed by atoms with Crippen LogP contribution in [0.2, 0.25) is 0 Å². The number of nitrogens with one attached hydrogen (secondary N) is 2. The van der Waals surface area contributed by atoms with Crippen molar-refractivity contribution in [2.24, 2.45) is 5.92 Å². The molecule has 0 aromatic carbocycles. The van der Waals surface area contributed by atoms with Crippen LogP contribution in [0.3, 0.4) is 0 Å². The largest absolute Gasteiger partial charge is 0.311 e. The standard InChI is InChI=1S/C13H24N4/c1-12-4-9-17(10-5-12)8-2-6-14-11-13-3-7-15-16-13/h3,7,12,14H,2,4-6,8-11H2,1H3,(H,15,16). The lowest BCUT2D eigenvalue weighted by Gasteiger charge is -2.30. The minimum atomic E-state index is 0.900. The molecule has 0 spiro atoms. The molecule has 4 heteroatoms. The van der Waals surface area contributed by atoms with E-state index < -0.39 is 0 Å². The van der Waals surface area contributed by atoms with Crippen LogP contribution < -0.4 is 5.32 Å². The summed E-state index contributed by atoms with van der Waals surface area (Å²) in [5.74, 6) is 0.935. The minimum Gasteiger partial charge on any atom is -0.311 e. The van der Waals surface area contributed by atoms with Gasteiger partial charge in [-0.2, -0.15) is 5.10 Å². The van der Waals surface area contributed by atoms with Gasteiger partial charge in [-0.25, -0.2) is 0 Å². The molecule has 1 fully saturated rings. The van der Waals surface area contributed by atoms with E-state index in [-0.39, 0.29) is 0 Å². The van der Waals surface area contributed by atoms with Crippen LogP contribution in [0.1, 0.15) is 31.9 Å². The van der Waals surface area contributed by atoms with E-state index in [1.807, 2.05) is 6.07 Å². The molecule has 1 saturated heterocycles. The Labute approximate surface area is 104 Å². The van der Waals surface area contributed by atoms with Crippen LogP contribution in [-0.4, -0.2) is 41.3 Å². The highest BCUT2D eigenvalue weighted by Crippen LogP contribution is 2.15. The number of hydrogen-bond donors (Lipinski definition) is 2. The van der Waals surface area contributed by atoms with Gasteiger partial charge in [-0.3, -0.25) is 5.10 Å². The molecule has 4 nitrogen and oxygen atoms in total. The minimum absolute atomic E-state index is 0.900. The number of hydrogen-bond acceptors (Lipinski definition) is 3. The van der Waals surface area contributed by atoms with E-state index in [9.17, 15) is 0 Å².